The molecule has 3 rings (SSSR count). The third-order valence-corrected chi connectivity index (χ3v) is 4.30. The molecule has 1 nitrogen and oxygen atoms in total. The molecule has 0 spiro atoms. The van der Waals surface area contributed by atoms with Crippen LogP contribution < -0.4 is 5.32 Å². The number of rotatable bonds is 4. The molecular weight excluding hydrogens is 194 g/mol. The van der Waals surface area contributed by atoms with E-state index in [-0.39, 0.29) is 0 Å². The molecule has 0 aliphatic heterocycles. The van der Waals surface area contributed by atoms with Gasteiger partial charge in [-0.25, -0.2) is 0 Å². The van der Waals surface area contributed by atoms with Gasteiger partial charge >= 0.3 is 0 Å². The molecule has 1 aromatic carbocycles. The maximum atomic E-state index is 3.87. The first kappa shape index (κ1) is 10.3. The van der Waals surface area contributed by atoms with Gasteiger partial charge in [-0.2, -0.15) is 0 Å². The summed E-state index contributed by atoms with van der Waals surface area (Å²) in [5.41, 5.74) is 1.50. The minimum Gasteiger partial charge on any atom is -0.307 e. The highest BCUT2D eigenvalue weighted by Gasteiger charge is 2.31. The number of benzene rings is 1. The largest absolute Gasteiger partial charge is 0.307 e. The van der Waals surface area contributed by atoms with E-state index in [4.69, 9.17) is 0 Å². The lowest BCUT2D eigenvalue weighted by Gasteiger charge is -2.39. The van der Waals surface area contributed by atoms with Gasteiger partial charge in [0.1, 0.15) is 0 Å². The van der Waals surface area contributed by atoms with Crippen molar-refractivity contribution in [2.24, 2.45) is 5.92 Å². The summed E-state index contributed by atoms with van der Waals surface area (Å²) in [7, 11) is 0. The van der Waals surface area contributed by atoms with E-state index in [1.54, 1.807) is 0 Å². The Morgan fingerprint density at radius 3 is 2.12 bits per heavy atom. The van der Waals surface area contributed by atoms with Gasteiger partial charge in [-0.15, -0.1) is 0 Å². The van der Waals surface area contributed by atoms with Crippen molar-refractivity contribution >= 4 is 0 Å². The number of hydrogen-bond donors (Lipinski definition) is 1. The van der Waals surface area contributed by atoms with Crippen LogP contribution in [0.15, 0.2) is 30.3 Å². The van der Waals surface area contributed by atoms with E-state index in [0.29, 0.717) is 6.04 Å². The van der Waals surface area contributed by atoms with Crippen LogP contribution >= 0.6 is 0 Å². The summed E-state index contributed by atoms with van der Waals surface area (Å²) in [5, 5.41) is 3.87. The van der Waals surface area contributed by atoms with Gasteiger partial charge in [0.05, 0.1) is 0 Å². The lowest BCUT2D eigenvalue weighted by molar-refractivity contribution is 0.190. The molecule has 1 N–H and O–H groups in total. The van der Waals surface area contributed by atoms with Crippen molar-refractivity contribution in [2.75, 3.05) is 0 Å². The molecule has 0 bridgehead atoms. The monoisotopic (exact) mass is 215 g/mol. The maximum Gasteiger partial charge on any atom is 0.0351 e. The molecule has 2 saturated carbocycles. The van der Waals surface area contributed by atoms with Crippen LogP contribution in [0.1, 0.15) is 50.1 Å². The predicted octanol–water partition coefficient (Wildman–Crippen LogP) is 3.67. The van der Waals surface area contributed by atoms with Crippen LogP contribution in [0.2, 0.25) is 0 Å². The van der Waals surface area contributed by atoms with Crippen LogP contribution in [0, 0.1) is 5.92 Å². The normalized spacial score (nSPS) is 23.5. The van der Waals surface area contributed by atoms with Gasteiger partial charge in [0.2, 0.25) is 0 Å². The average molecular weight is 215 g/mol. The molecule has 1 heteroatoms. The molecule has 1 aromatic rings. The van der Waals surface area contributed by atoms with E-state index in [1.165, 1.54) is 44.1 Å². The van der Waals surface area contributed by atoms with Crippen molar-refractivity contribution in [3.63, 3.8) is 0 Å². The Morgan fingerprint density at radius 2 is 1.62 bits per heavy atom. The van der Waals surface area contributed by atoms with Crippen LogP contribution in [0.25, 0.3) is 0 Å². The smallest absolute Gasteiger partial charge is 0.0351 e. The third kappa shape index (κ3) is 2.01. The zero-order valence-electron chi connectivity index (χ0n) is 9.86. The summed E-state index contributed by atoms with van der Waals surface area (Å²) < 4.78 is 0. The van der Waals surface area contributed by atoms with Crippen molar-refractivity contribution in [3.05, 3.63) is 35.9 Å². The van der Waals surface area contributed by atoms with Gasteiger partial charge in [-0.1, -0.05) is 43.2 Å². The molecule has 1 unspecified atom stereocenters. The zero-order valence-corrected chi connectivity index (χ0v) is 9.86. The number of nitrogens with one attached hydrogen (secondary N) is 1. The minimum atomic E-state index is 0.625. The lowest BCUT2D eigenvalue weighted by Crippen LogP contribution is -2.42. The summed E-state index contributed by atoms with van der Waals surface area (Å²) in [5.74, 6) is 0.892. The summed E-state index contributed by atoms with van der Waals surface area (Å²) in [4.78, 5) is 0. The second kappa shape index (κ2) is 4.58. The molecule has 0 aromatic heterocycles. The van der Waals surface area contributed by atoms with E-state index >= 15 is 0 Å². The first-order valence-corrected chi connectivity index (χ1v) is 6.74. The Bertz CT molecular complexity index is 325. The van der Waals surface area contributed by atoms with Crippen LogP contribution in [-0.2, 0) is 0 Å². The zero-order chi connectivity index (χ0) is 10.8. The lowest BCUT2D eigenvalue weighted by atomic mass is 9.76. The number of hydrogen-bond acceptors (Lipinski definition) is 1. The van der Waals surface area contributed by atoms with Gasteiger partial charge in [-0.3, -0.25) is 0 Å². The van der Waals surface area contributed by atoms with Crippen LogP contribution in [0.4, 0.5) is 0 Å². The fraction of sp³-hybridized carbons (Fsp3) is 0.600. The Morgan fingerprint density at radius 1 is 0.938 bits per heavy atom. The first-order valence-electron chi connectivity index (χ1n) is 6.74. The van der Waals surface area contributed by atoms with Gasteiger partial charge in [0, 0.05) is 12.1 Å². The standard InChI is InChI=1S/C15H21N/c1-2-6-12(7-3-1)15(13-8-4-9-13)16-14-10-5-11-14/h1-3,6-7,13-16H,4-5,8-11H2. The van der Waals surface area contributed by atoms with E-state index in [0.717, 1.165) is 12.0 Å². The third-order valence-electron chi connectivity index (χ3n) is 4.30. The summed E-state index contributed by atoms with van der Waals surface area (Å²) in [6.07, 6.45) is 8.45. The molecule has 0 saturated heterocycles. The Balaban J connectivity index is 1.72. The Kier molecular flexibility index (Phi) is 2.96. The molecule has 0 amide bonds. The quantitative estimate of drug-likeness (QED) is 0.808. The van der Waals surface area contributed by atoms with Crippen molar-refractivity contribution in [3.8, 4) is 0 Å². The van der Waals surface area contributed by atoms with Gasteiger partial charge < -0.3 is 5.32 Å². The highest BCUT2D eigenvalue weighted by Crippen LogP contribution is 2.39. The van der Waals surface area contributed by atoms with Gasteiger partial charge in [0.25, 0.3) is 0 Å². The topological polar surface area (TPSA) is 12.0 Å². The molecular formula is C15H21N. The van der Waals surface area contributed by atoms with E-state index in [1.807, 2.05) is 0 Å². The highest BCUT2D eigenvalue weighted by molar-refractivity contribution is 5.20. The second-order valence-electron chi connectivity index (χ2n) is 5.37. The summed E-state index contributed by atoms with van der Waals surface area (Å²) in [6.45, 7) is 0. The summed E-state index contributed by atoms with van der Waals surface area (Å²) >= 11 is 0. The van der Waals surface area contributed by atoms with Crippen molar-refractivity contribution in [1.82, 2.24) is 5.32 Å². The van der Waals surface area contributed by atoms with E-state index in [9.17, 15) is 0 Å². The van der Waals surface area contributed by atoms with Crippen molar-refractivity contribution in [1.29, 1.82) is 0 Å². The molecule has 2 fully saturated rings. The van der Waals surface area contributed by atoms with Crippen LogP contribution in [0.3, 0.4) is 0 Å². The van der Waals surface area contributed by atoms with E-state index in [2.05, 4.69) is 35.6 Å². The Labute approximate surface area is 98.3 Å². The van der Waals surface area contributed by atoms with Gasteiger partial charge in [0.15, 0.2) is 0 Å². The average Bonchev–Trinajstić information content (AvgIpc) is 2.20. The SMILES string of the molecule is c1ccc(C(NC2CCC2)C2CCC2)cc1. The molecule has 86 valence electrons. The fourth-order valence-electron chi connectivity index (χ4n) is 2.77. The predicted molar refractivity (Wildman–Crippen MR) is 67.3 cm³/mol. The molecule has 0 heterocycles. The molecule has 16 heavy (non-hydrogen) atoms. The molecule has 0 radical (unpaired) electrons. The van der Waals surface area contributed by atoms with Crippen LogP contribution in [0.5, 0.6) is 0 Å². The highest BCUT2D eigenvalue weighted by atomic mass is 15.0. The minimum absolute atomic E-state index is 0.625. The van der Waals surface area contributed by atoms with Crippen molar-refractivity contribution in [2.45, 2.75) is 50.6 Å². The molecule has 2 aliphatic rings. The van der Waals surface area contributed by atoms with Gasteiger partial charge in [-0.05, 0) is 37.2 Å². The van der Waals surface area contributed by atoms with Crippen molar-refractivity contribution < 1.29 is 0 Å². The Hall–Kier alpha value is -0.820. The molecule has 1 atom stereocenters. The summed E-state index contributed by atoms with van der Waals surface area (Å²) in [6, 6.07) is 12.5. The second-order valence-corrected chi connectivity index (χ2v) is 5.37. The van der Waals surface area contributed by atoms with Crippen LogP contribution in [-0.4, -0.2) is 6.04 Å². The van der Waals surface area contributed by atoms with E-state index < -0.39 is 0 Å². The maximum absolute atomic E-state index is 3.87. The molecule has 2 aliphatic carbocycles. The first-order chi connectivity index (χ1) is 7.93. The fourth-order valence-corrected chi connectivity index (χ4v) is 2.77.